The number of nitrogens with zero attached hydrogens (tertiary/aromatic N) is 5. The maximum Gasteiger partial charge on any atom is 0.229 e. The van der Waals surface area contributed by atoms with Crippen molar-refractivity contribution in [2.24, 2.45) is 11.7 Å². The lowest BCUT2D eigenvalue weighted by Gasteiger charge is -2.35. The van der Waals surface area contributed by atoms with Gasteiger partial charge in [0, 0.05) is 17.6 Å². The quantitative estimate of drug-likeness (QED) is 0.324. The highest BCUT2D eigenvalue weighted by molar-refractivity contribution is 5.82. The molecule has 3 N–H and O–H groups in total. The summed E-state index contributed by atoms with van der Waals surface area (Å²) in [6.07, 6.45) is 13.9. The molecule has 2 fully saturated rings. The molecular formula is C31H40FN7. The number of hydrogen-bond donors (Lipinski definition) is 2. The van der Waals surface area contributed by atoms with Crippen LogP contribution < -0.4 is 11.1 Å². The Balaban J connectivity index is 1.35. The normalized spacial score (nSPS) is 18.4. The predicted molar refractivity (Wildman–Crippen MR) is 157 cm³/mol. The van der Waals surface area contributed by atoms with E-state index in [4.69, 9.17) is 10.7 Å². The average molecular weight is 530 g/mol. The molecule has 8 heteroatoms. The molecule has 1 aromatic carbocycles. The summed E-state index contributed by atoms with van der Waals surface area (Å²) in [5.41, 5.74) is 10.3. The van der Waals surface area contributed by atoms with Crippen molar-refractivity contribution >= 4 is 17.0 Å². The van der Waals surface area contributed by atoms with Crippen molar-refractivity contribution in [2.45, 2.75) is 71.4 Å². The lowest BCUT2D eigenvalue weighted by atomic mass is 9.88. The fourth-order valence-electron chi connectivity index (χ4n) is 6.09. The number of hydrogen-bond acceptors (Lipinski definition) is 6. The minimum absolute atomic E-state index is 0.234. The van der Waals surface area contributed by atoms with Crippen LogP contribution in [-0.4, -0.2) is 43.6 Å². The van der Waals surface area contributed by atoms with Gasteiger partial charge < -0.3 is 20.5 Å². The predicted octanol–water partition coefficient (Wildman–Crippen LogP) is 6.50. The second-order valence-electron chi connectivity index (χ2n) is 11.1. The van der Waals surface area contributed by atoms with E-state index in [-0.39, 0.29) is 11.6 Å². The zero-order valence-corrected chi connectivity index (χ0v) is 23.3. The summed E-state index contributed by atoms with van der Waals surface area (Å²) in [5, 5.41) is 3.03. The van der Waals surface area contributed by atoms with Crippen molar-refractivity contribution in [3.05, 3.63) is 72.2 Å². The number of aromatic nitrogens is 4. The number of imidazole rings is 1. The first-order chi connectivity index (χ1) is 18.8. The molecule has 1 saturated heterocycles. The molecule has 0 amide bonds. The van der Waals surface area contributed by atoms with Crippen molar-refractivity contribution in [1.29, 1.82) is 0 Å². The zero-order chi connectivity index (χ0) is 27.5. The van der Waals surface area contributed by atoms with E-state index in [9.17, 15) is 4.39 Å². The lowest BCUT2D eigenvalue weighted by molar-refractivity contribution is 0.162. The Morgan fingerprint density at radius 3 is 2.56 bits per heavy atom. The molecule has 0 unspecified atom stereocenters. The average Bonchev–Trinajstić information content (AvgIpc) is 3.57. The molecule has 1 aliphatic carbocycles. The summed E-state index contributed by atoms with van der Waals surface area (Å²) in [6.45, 7) is 12.7. The van der Waals surface area contributed by atoms with Crippen molar-refractivity contribution < 1.29 is 4.39 Å². The van der Waals surface area contributed by atoms with Crippen LogP contribution in [-0.2, 0) is 0 Å². The molecular weight excluding hydrogens is 489 g/mol. The van der Waals surface area contributed by atoms with E-state index < -0.39 is 5.82 Å². The standard InChI is InChI=1S/C31H40FN7/c1-5-22(23-14-16-38(17-15-23)20(2)3)11-13-29(33)36-31-34-19-26(32)30(37-31)24-10-12-27-28(18-24)39(21(4)35-27)25-8-6-7-9-25/h5,10-13,18-20,23,25H,1,6-9,14-17,33H2,2-4H3,(H,34,36,37)/b22-11+,29-13+. The molecule has 5 rings (SSSR count). The van der Waals surface area contributed by atoms with Gasteiger partial charge in [-0.05, 0) is 89.2 Å². The first-order valence-electron chi connectivity index (χ1n) is 14.2. The second-order valence-corrected chi connectivity index (χ2v) is 11.1. The summed E-state index contributed by atoms with van der Waals surface area (Å²) in [7, 11) is 0. The Hall–Kier alpha value is -3.52. The molecule has 2 aliphatic rings. The van der Waals surface area contributed by atoms with Crippen LogP contribution >= 0.6 is 0 Å². The number of allylic oxidation sites excluding steroid dienone is 4. The van der Waals surface area contributed by atoms with Gasteiger partial charge >= 0.3 is 0 Å². The summed E-state index contributed by atoms with van der Waals surface area (Å²) in [6, 6.07) is 6.82. The van der Waals surface area contributed by atoms with Gasteiger partial charge in [-0.15, -0.1) is 0 Å². The Kier molecular flexibility index (Phi) is 8.12. The molecule has 0 bridgehead atoms. The zero-order valence-electron chi connectivity index (χ0n) is 23.3. The fourth-order valence-corrected chi connectivity index (χ4v) is 6.09. The van der Waals surface area contributed by atoms with Gasteiger partial charge in [-0.25, -0.2) is 19.3 Å². The minimum atomic E-state index is -0.479. The number of piperidine rings is 1. The third kappa shape index (κ3) is 5.91. The van der Waals surface area contributed by atoms with Crippen LogP contribution in [0.1, 0.15) is 64.2 Å². The van der Waals surface area contributed by atoms with Crippen molar-refractivity contribution in [3.8, 4) is 11.3 Å². The summed E-state index contributed by atoms with van der Waals surface area (Å²) in [5.74, 6) is 1.62. The SMILES string of the molecule is C=C/C(=C\C=C(/N)Nc1ncc(F)c(-c2ccc3nc(C)n(C4CCCC4)c3c2)n1)C1CCN(C(C)C)CC1. The number of likely N-dealkylation sites (tertiary alicyclic amines) is 1. The number of aryl methyl sites for hydroxylation is 1. The van der Waals surface area contributed by atoms with Gasteiger partial charge in [0.05, 0.1) is 17.2 Å². The first-order valence-corrected chi connectivity index (χ1v) is 14.2. The molecule has 0 spiro atoms. The van der Waals surface area contributed by atoms with Gasteiger partial charge in [0.25, 0.3) is 0 Å². The summed E-state index contributed by atoms with van der Waals surface area (Å²) in [4.78, 5) is 15.9. The van der Waals surface area contributed by atoms with Gasteiger partial charge in [0.15, 0.2) is 5.82 Å². The van der Waals surface area contributed by atoms with Gasteiger partial charge in [0.2, 0.25) is 5.95 Å². The molecule has 39 heavy (non-hydrogen) atoms. The van der Waals surface area contributed by atoms with E-state index in [1.165, 1.54) is 24.6 Å². The Labute approximate surface area is 230 Å². The Morgan fingerprint density at radius 2 is 1.87 bits per heavy atom. The molecule has 0 radical (unpaired) electrons. The smallest absolute Gasteiger partial charge is 0.229 e. The van der Waals surface area contributed by atoms with Crippen LogP contribution in [0, 0.1) is 18.7 Å². The van der Waals surface area contributed by atoms with Gasteiger partial charge in [-0.2, -0.15) is 0 Å². The van der Waals surface area contributed by atoms with E-state index in [0.29, 0.717) is 29.4 Å². The highest BCUT2D eigenvalue weighted by Crippen LogP contribution is 2.35. The summed E-state index contributed by atoms with van der Waals surface area (Å²) >= 11 is 0. The number of halogens is 1. The topological polar surface area (TPSA) is 84.9 Å². The molecule has 1 saturated carbocycles. The second kappa shape index (κ2) is 11.7. The van der Waals surface area contributed by atoms with E-state index in [1.54, 1.807) is 0 Å². The Morgan fingerprint density at radius 1 is 1.13 bits per heavy atom. The molecule has 1 aliphatic heterocycles. The van der Waals surface area contributed by atoms with Crippen LogP contribution in [0.3, 0.4) is 0 Å². The molecule has 3 aromatic rings. The van der Waals surface area contributed by atoms with Crippen LogP contribution in [0.4, 0.5) is 10.3 Å². The molecule has 2 aromatic heterocycles. The van der Waals surface area contributed by atoms with Crippen LogP contribution in [0.15, 0.2) is 60.6 Å². The van der Waals surface area contributed by atoms with E-state index in [1.807, 2.05) is 43.4 Å². The number of anilines is 1. The van der Waals surface area contributed by atoms with E-state index in [0.717, 1.165) is 55.6 Å². The lowest BCUT2D eigenvalue weighted by Crippen LogP contribution is -2.38. The monoisotopic (exact) mass is 529 g/mol. The third-order valence-corrected chi connectivity index (χ3v) is 8.25. The Bertz CT molecular complexity index is 1390. The molecule has 7 nitrogen and oxygen atoms in total. The molecule has 3 heterocycles. The molecule has 0 atom stereocenters. The van der Waals surface area contributed by atoms with Gasteiger partial charge in [-0.3, -0.25) is 0 Å². The van der Waals surface area contributed by atoms with Crippen molar-refractivity contribution in [3.63, 3.8) is 0 Å². The summed E-state index contributed by atoms with van der Waals surface area (Å²) < 4.78 is 17.2. The molecule has 206 valence electrons. The van der Waals surface area contributed by atoms with E-state index >= 15 is 0 Å². The van der Waals surface area contributed by atoms with Gasteiger partial charge in [0.1, 0.15) is 17.3 Å². The van der Waals surface area contributed by atoms with Crippen LogP contribution in [0.5, 0.6) is 0 Å². The number of fused-ring (bicyclic) bond motifs is 1. The third-order valence-electron chi connectivity index (χ3n) is 8.25. The first kappa shape index (κ1) is 27.1. The van der Waals surface area contributed by atoms with E-state index in [2.05, 4.69) is 45.2 Å². The minimum Gasteiger partial charge on any atom is -0.385 e. The number of rotatable bonds is 8. The maximum atomic E-state index is 14.9. The highest BCUT2D eigenvalue weighted by Gasteiger charge is 2.23. The number of nitrogens with two attached hydrogens (primary N) is 1. The van der Waals surface area contributed by atoms with Crippen LogP contribution in [0.2, 0.25) is 0 Å². The number of benzene rings is 1. The highest BCUT2D eigenvalue weighted by atomic mass is 19.1. The maximum absolute atomic E-state index is 14.9. The van der Waals surface area contributed by atoms with Crippen molar-refractivity contribution in [2.75, 3.05) is 18.4 Å². The van der Waals surface area contributed by atoms with Crippen LogP contribution in [0.25, 0.3) is 22.3 Å². The van der Waals surface area contributed by atoms with Crippen molar-refractivity contribution in [1.82, 2.24) is 24.4 Å². The largest absolute Gasteiger partial charge is 0.385 e. The number of nitrogens with one attached hydrogen (secondary N) is 1. The fraction of sp³-hybridized carbons (Fsp3) is 0.452. The van der Waals surface area contributed by atoms with Gasteiger partial charge in [-0.1, -0.05) is 37.6 Å².